The number of hydrogen-bond acceptors (Lipinski definition) is 4. The molecule has 1 amide bonds. The molecule has 0 aliphatic carbocycles. The van der Waals surface area contributed by atoms with Crippen molar-refractivity contribution in [3.8, 4) is 0 Å². The van der Waals surface area contributed by atoms with Crippen LogP contribution in [0.15, 0.2) is 0 Å². The zero-order chi connectivity index (χ0) is 12.1. The van der Waals surface area contributed by atoms with Crippen molar-refractivity contribution in [2.45, 2.75) is 12.8 Å². The summed E-state index contributed by atoms with van der Waals surface area (Å²) in [7, 11) is 0. The quantitative estimate of drug-likeness (QED) is 0.768. The number of carbonyl (C=O) groups excluding carboxylic acids is 1. The van der Waals surface area contributed by atoms with Crippen molar-refractivity contribution in [2.75, 3.05) is 52.4 Å². The number of piperazine rings is 1. The molecule has 0 aromatic carbocycles. The Morgan fingerprint density at radius 1 is 1.21 bits per heavy atom. The van der Waals surface area contributed by atoms with Gasteiger partial charge in [0, 0.05) is 39.3 Å². The van der Waals surface area contributed by atoms with Gasteiger partial charge in [-0.3, -0.25) is 9.69 Å². The van der Waals surface area contributed by atoms with E-state index in [9.17, 15) is 4.79 Å². The second kappa shape index (κ2) is 9.77. The summed E-state index contributed by atoms with van der Waals surface area (Å²) in [6.45, 7) is 6.11. The third-order valence-corrected chi connectivity index (χ3v) is 3.69. The number of amides is 1. The molecule has 19 heavy (non-hydrogen) atoms. The van der Waals surface area contributed by atoms with E-state index < -0.39 is 0 Å². The molecule has 2 N–H and O–H groups in total. The molecule has 1 unspecified atom stereocenters. The van der Waals surface area contributed by atoms with Gasteiger partial charge in [0.1, 0.15) is 0 Å². The van der Waals surface area contributed by atoms with Crippen LogP contribution in [0.1, 0.15) is 12.8 Å². The number of hydrogen-bond donors (Lipinski definition) is 2. The molecule has 0 saturated carbocycles. The van der Waals surface area contributed by atoms with E-state index in [1.807, 2.05) is 4.90 Å². The average molecular weight is 314 g/mol. The second-order valence-electron chi connectivity index (χ2n) is 5.06. The Hall–Kier alpha value is -0.0700. The van der Waals surface area contributed by atoms with Crippen molar-refractivity contribution in [2.24, 2.45) is 5.92 Å². The largest absolute Gasteiger partial charge is 0.396 e. The second-order valence-corrected chi connectivity index (χ2v) is 5.06. The Morgan fingerprint density at radius 3 is 2.53 bits per heavy atom. The summed E-state index contributed by atoms with van der Waals surface area (Å²) in [6, 6.07) is 0. The minimum absolute atomic E-state index is 0. The highest BCUT2D eigenvalue weighted by atomic mass is 35.5. The maximum atomic E-state index is 12.1. The predicted molar refractivity (Wildman–Crippen MR) is 80.2 cm³/mol. The van der Waals surface area contributed by atoms with Crippen molar-refractivity contribution in [1.82, 2.24) is 15.1 Å². The van der Waals surface area contributed by atoms with E-state index in [4.69, 9.17) is 5.11 Å². The topological polar surface area (TPSA) is 55.8 Å². The fourth-order valence-corrected chi connectivity index (χ4v) is 2.65. The zero-order valence-electron chi connectivity index (χ0n) is 11.2. The van der Waals surface area contributed by atoms with Crippen LogP contribution in [0.5, 0.6) is 0 Å². The minimum atomic E-state index is 0. The third-order valence-electron chi connectivity index (χ3n) is 3.69. The molecule has 5 nitrogen and oxygen atoms in total. The standard InChI is InChI=1S/C12H23N3O2.2ClH/c16-10-11-2-1-5-14(8-11)9-12(17)15-6-3-13-4-7-15;;/h11,13,16H,1-10H2;2*1H. The summed E-state index contributed by atoms with van der Waals surface area (Å²) in [5.41, 5.74) is 0. The lowest BCUT2D eigenvalue weighted by molar-refractivity contribution is -0.133. The van der Waals surface area contributed by atoms with E-state index in [1.165, 1.54) is 0 Å². The molecule has 0 aromatic heterocycles. The molecule has 114 valence electrons. The number of aliphatic hydroxyl groups is 1. The summed E-state index contributed by atoms with van der Waals surface area (Å²) >= 11 is 0. The highest BCUT2D eigenvalue weighted by molar-refractivity contribution is 5.85. The Kier molecular flexibility index (Phi) is 9.74. The normalized spacial score (nSPS) is 24.3. The van der Waals surface area contributed by atoms with Crippen LogP contribution < -0.4 is 5.32 Å². The number of carbonyl (C=O) groups is 1. The lowest BCUT2D eigenvalue weighted by atomic mass is 9.99. The fourth-order valence-electron chi connectivity index (χ4n) is 2.65. The molecule has 1 atom stereocenters. The molecule has 2 fully saturated rings. The molecule has 0 aromatic rings. The maximum Gasteiger partial charge on any atom is 0.236 e. The van der Waals surface area contributed by atoms with Crippen molar-refractivity contribution >= 4 is 30.7 Å². The van der Waals surface area contributed by atoms with Crippen molar-refractivity contribution in [1.29, 1.82) is 0 Å². The number of nitrogens with one attached hydrogen (secondary N) is 1. The fraction of sp³-hybridized carbons (Fsp3) is 0.917. The van der Waals surface area contributed by atoms with Gasteiger partial charge >= 0.3 is 0 Å². The maximum absolute atomic E-state index is 12.1. The number of piperidine rings is 1. The first-order valence-corrected chi connectivity index (χ1v) is 6.61. The van der Waals surface area contributed by atoms with Crippen LogP contribution in [0, 0.1) is 5.92 Å². The number of halogens is 2. The molecule has 0 spiro atoms. The lowest BCUT2D eigenvalue weighted by Crippen LogP contribution is -2.50. The molecule has 0 radical (unpaired) electrons. The highest BCUT2D eigenvalue weighted by Crippen LogP contribution is 2.15. The molecular weight excluding hydrogens is 289 g/mol. The van der Waals surface area contributed by atoms with Gasteiger partial charge in [0.15, 0.2) is 0 Å². The van der Waals surface area contributed by atoms with Crippen LogP contribution in [0.2, 0.25) is 0 Å². The van der Waals surface area contributed by atoms with Gasteiger partial charge < -0.3 is 15.3 Å². The minimum Gasteiger partial charge on any atom is -0.396 e. The van der Waals surface area contributed by atoms with Crippen LogP contribution in [-0.2, 0) is 4.79 Å². The van der Waals surface area contributed by atoms with Crippen molar-refractivity contribution in [3.63, 3.8) is 0 Å². The summed E-state index contributed by atoms with van der Waals surface area (Å²) in [6.07, 6.45) is 2.19. The smallest absolute Gasteiger partial charge is 0.236 e. The van der Waals surface area contributed by atoms with E-state index in [1.54, 1.807) is 0 Å². The summed E-state index contributed by atoms with van der Waals surface area (Å²) in [5, 5.41) is 12.4. The molecule has 2 saturated heterocycles. The van der Waals surface area contributed by atoms with Crippen molar-refractivity contribution in [3.05, 3.63) is 0 Å². The van der Waals surface area contributed by atoms with Gasteiger partial charge in [-0.25, -0.2) is 0 Å². The molecule has 2 heterocycles. The van der Waals surface area contributed by atoms with Gasteiger partial charge in [-0.15, -0.1) is 24.8 Å². The summed E-state index contributed by atoms with van der Waals surface area (Å²) < 4.78 is 0. The number of nitrogens with zero attached hydrogens (tertiary/aromatic N) is 2. The van der Waals surface area contributed by atoms with Crippen LogP contribution in [-0.4, -0.2) is 73.2 Å². The van der Waals surface area contributed by atoms with Gasteiger partial charge in [-0.05, 0) is 25.3 Å². The molecule has 2 aliphatic heterocycles. The third kappa shape index (κ3) is 5.83. The Morgan fingerprint density at radius 2 is 1.89 bits per heavy atom. The number of likely N-dealkylation sites (tertiary alicyclic amines) is 1. The van der Waals surface area contributed by atoms with Gasteiger partial charge in [0.25, 0.3) is 0 Å². The highest BCUT2D eigenvalue weighted by Gasteiger charge is 2.23. The zero-order valence-corrected chi connectivity index (χ0v) is 12.8. The predicted octanol–water partition coefficient (Wildman–Crippen LogP) is -0.0339. The molecule has 2 aliphatic rings. The van der Waals surface area contributed by atoms with Gasteiger partial charge in [0.05, 0.1) is 6.54 Å². The average Bonchev–Trinajstić information content (AvgIpc) is 2.40. The molecular formula is C12H25Cl2N3O2. The Labute approximate surface area is 127 Å². The monoisotopic (exact) mass is 313 g/mol. The number of aliphatic hydroxyl groups excluding tert-OH is 1. The van der Waals surface area contributed by atoms with E-state index in [-0.39, 0.29) is 37.3 Å². The first-order valence-electron chi connectivity index (χ1n) is 6.61. The van der Waals surface area contributed by atoms with Gasteiger partial charge in [-0.2, -0.15) is 0 Å². The molecule has 0 bridgehead atoms. The molecule has 7 heteroatoms. The number of rotatable bonds is 3. The Bertz CT molecular complexity index is 263. The van der Waals surface area contributed by atoms with Crippen molar-refractivity contribution < 1.29 is 9.90 Å². The SMILES string of the molecule is Cl.Cl.O=C(CN1CCCC(CO)C1)N1CCNCC1. The Balaban J connectivity index is 0.00000162. The van der Waals surface area contributed by atoms with Crippen LogP contribution in [0.4, 0.5) is 0 Å². The first-order chi connectivity index (χ1) is 8.29. The van der Waals surface area contributed by atoms with E-state index >= 15 is 0 Å². The van der Waals surface area contributed by atoms with E-state index in [0.717, 1.165) is 52.1 Å². The van der Waals surface area contributed by atoms with E-state index in [2.05, 4.69) is 10.2 Å². The van der Waals surface area contributed by atoms with E-state index in [0.29, 0.717) is 12.5 Å². The summed E-state index contributed by atoms with van der Waals surface area (Å²) in [5.74, 6) is 0.602. The van der Waals surface area contributed by atoms with Crippen LogP contribution in [0.3, 0.4) is 0 Å². The molecule has 2 rings (SSSR count). The lowest BCUT2D eigenvalue weighted by Gasteiger charge is -2.34. The summed E-state index contributed by atoms with van der Waals surface area (Å²) in [4.78, 5) is 16.2. The first kappa shape index (κ1) is 18.9. The van der Waals surface area contributed by atoms with Gasteiger partial charge in [0.2, 0.25) is 5.91 Å². The van der Waals surface area contributed by atoms with Crippen LogP contribution in [0.25, 0.3) is 0 Å². The van der Waals surface area contributed by atoms with Gasteiger partial charge in [-0.1, -0.05) is 0 Å². The van der Waals surface area contributed by atoms with Crippen LogP contribution >= 0.6 is 24.8 Å².